The van der Waals surface area contributed by atoms with E-state index in [-0.39, 0.29) is 30.2 Å². The van der Waals surface area contributed by atoms with Crippen molar-refractivity contribution < 1.29 is 18.3 Å². The Balaban J connectivity index is 1.37. The third-order valence-corrected chi connectivity index (χ3v) is 4.67. The number of nitrogens with zero attached hydrogens (tertiary/aromatic N) is 1. The van der Waals surface area contributed by atoms with Crippen LogP contribution in [0.15, 0.2) is 66.9 Å². The van der Waals surface area contributed by atoms with Crippen molar-refractivity contribution in [2.24, 2.45) is 0 Å². The molecule has 2 heterocycles. The van der Waals surface area contributed by atoms with Crippen molar-refractivity contribution in [3.63, 3.8) is 0 Å². The minimum atomic E-state index is -0.356. The number of benzene rings is 2. The van der Waals surface area contributed by atoms with Gasteiger partial charge in [0.2, 0.25) is 0 Å². The van der Waals surface area contributed by atoms with Crippen molar-refractivity contribution in [2.75, 3.05) is 0 Å². The number of H-pyrrole nitrogens is 1. The second kappa shape index (κ2) is 8.32. The van der Waals surface area contributed by atoms with E-state index in [0.717, 1.165) is 5.56 Å². The summed E-state index contributed by atoms with van der Waals surface area (Å²) in [4.78, 5) is 19.8. The molecule has 0 aliphatic rings. The van der Waals surface area contributed by atoms with Crippen LogP contribution in [-0.2, 0) is 6.61 Å². The van der Waals surface area contributed by atoms with Crippen LogP contribution < -0.4 is 10.1 Å². The van der Waals surface area contributed by atoms with Crippen molar-refractivity contribution in [2.45, 2.75) is 19.6 Å². The number of carbonyl (C=O) groups excluding carboxylic acids is 1. The highest BCUT2D eigenvalue weighted by atomic mass is 19.1. The first kappa shape index (κ1) is 19.6. The molecule has 0 bridgehead atoms. The Morgan fingerprint density at radius 1 is 1.10 bits per heavy atom. The molecule has 1 amide bonds. The molecule has 1 atom stereocenters. The van der Waals surface area contributed by atoms with Crippen LogP contribution in [0.5, 0.6) is 5.75 Å². The molecule has 2 N–H and O–H groups in total. The Labute approximate surface area is 171 Å². The van der Waals surface area contributed by atoms with Crippen LogP contribution in [0.4, 0.5) is 8.78 Å². The van der Waals surface area contributed by atoms with Gasteiger partial charge in [0.25, 0.3) is 5.91 Å². The molecular weight excluding hydrogens is 388 g/mol. The van der Waals surface area contributed by atoms with Gasteiger partial charge in [-0.2, -0.15) is 0 Å². The molecule has 30 heavy (non-hydrogen) atoms. The highest BCUT2D eigenvalue weighted by Crippen LogP contribution is 2.19. The predicted octanol–water partition coefficient (Wildman–Crippen LogP) is 4.91. The van der Waals surface area contributed by atoms with Crippen LogP contribution in [0.2, 0.25) is 0 Å². The molecule has 0 fully saturated rings. The van der Waals surface area contributed by atoms with E-state index in [9.17, 15) is 13.6 Å². The summed E-state index contributed by atoms with van der Waals surface area (Å²) in [6.07, 6.45) is 1.56. The second-order valence-corrected chi connectivity index (χ2v) is 6.95. The molecule has 0 spiro atoms. The number of hydrogen-bond donors (Lipinski definition) is 2. The van der Waals surface area contributed by atoms with E-state index in [2.05, 4.69) is 15.3 Å². The molecule has 4 aromatic rings. The normalized spacial score (nSPS) is 12.0. The van der Waals surface area contributed by atoms with E-state index in [1.807, 2.05) is 6.92 Å². The topological polar surface area (TPSA) is 67.0 Å². The molecule has 2 aromatic carbocycles. The summed E-state index contributed by atoms with van der Waals surface area (Å²) in [5.41, 5.74) is 2.41. The number of rotatable bonds is 6. The number of aromatic nitrogens is 2. The number of nitrogens with one attached hydrogen (secondary N) is 2. The van der Waals surface area contributed by atoms with Crippen LogP contribution in [-0.4, -0.2) is 15.9 Å². The number of carbonyl (C=O) groups is 1. The molecular formula is C23H19F2N3O2. The zero-order chi connectivity index (χ0) is 21.1. The van der Waals surface area contributed by atoms with Gasteiger partial charge in [0.05, 0.1) is 17.9 Å². The molecule has 0 saturated carbocycles. The van der Waals surface area contributed by atoms with Gasteiger partial charge in [0.15, 0.2) is 0 Å². The summed E-state index contributed by atoms with van der Waals surface area (Å²) in [6, 6.07) is 15.3. The SMILES string of the molecule is CC(NC(=O)c1cc2cc(F)ccc2[nH]1)c1ccc(OCc2cccc(F)c2)cn1. The van der Waals surface area contributed by atoms with E-state index >= 15 is 0 Å². The third kappa shape index (κ3) is 4.46. The lowest BCUT2D eigenvalue weighted by molar-refractivity contribution is 0.0935. The van der Waals surface area contributed by atoms with Crippen molar-refractivity contribution in [1.82, 2.24) is 15.3 Å². The first-order valence-corrected chi connectivity index (χ1v) is 9.40. The minimum absolute atomic E-state index is 0.228. The van der Waals surface area contributed by atoms with Gasteiger partial charge in [-0.05, 0) is 61.0 Å². The number of amides is 1. The Morgan fingerprint density at radius 2 is 1.93 bits per heavy atom. The lowest BCUT2D eigenvalue weighted by Crippen LogP contribution is -2.27. The van der Waals surface area contributed by atoms with Gasteiger partial charge in [-0.25, -0.2) is 8.78 Å². The first-order chi connectivity index (χ1) is 14.5. The molecule has 7 heteroatoms. The van der Waals surface area contributed by atoms with Crippen LogP contribution in [0, 0.1) is 11.6 Å². The van der Waals surface area contributed by atoms with Gasteiger partial charge < -0.3 is 15.0 Å². The number of fused-ring (bicyclic) bond motifs is 1. The maximum atomic E-state index is 13.3. The van der Waals surface area contributed by atoms with E-state index in [1.54, 1.807) is 42.6 Å². The van der Waals surface area contributed by atoms with Gasteiger partial charge in [0.1, 0.15) is 29.7 Å². The average molecular weight is 407 g/mol. The maximum Gasteiger partial charge on any atom is 0.268 e. The highest BCUT2D eigenvalue weighted by molar-refractivity contribution is 5.98. The monoisotopic (exact) mass is 407 g/mol. The number of hydrogen-bond acceptors (Lipinski definition) is 3. The number of pyridine rings is 1. The number of halogens is 2. The Hall–Kier alpha value is -3.74. The molecule has 0 radical (unpaired) electrons. The van der Waals surface area contributed by atoms with Gasteiger partial charge in [-0.3, -0.25) is 9.78 Å². The van der Waals surface area contributed by atoms with Crippen molar-refractivity contribution in [3.8, 4) is 5.75 Å². The number of aromatic amines is 1. The van der Waals surface area contributed by atoms with Crippen LogP contribution in [0.3, 0.4) is 0 Å². The largest absolute Gasteiger partial charge is 0.487 e. The number of ether oxygens (including phenoxy) is 1. The molecule has 2 aromatic heterocycles. The van der Waals surface area contributed by atoms with Crippen molar-refractivity contribution >= 4 is 16.8 Å². The Morgan fingerprint density at radius 3 is 2.70 bits per heavy atom. The average Bonchev–Trinajstić information content (AvgIpc) is 3.16. The summed E-state index contributed by atoms with van der Waals surface area (Å²) in [7, 11) is 0. The molecule has 0 saturated heterocycles. The fourth-order valence-corrected chi connectivity index (χ4v) is 3.10. The van der Waals surface area contributed by atoms with Gasteiger partial charge in [-0.15, -0.1) is 0 Å². The van der Waals surface area contributed by atoms with E-state index in [0.29, 0.717) is 28.0 Å². The standard InChI is InChI=1S/C23H19F2N3O2/c1-14(27-23(29)22-11-16-10-18(25)5-7-21(16)28-22)20-8-6-19(12-26-20)30-13-15-3-2-4-17(24)9-15/h2-12,14,28H,13H2,1H3,(H,27,29). The van der Waals surface area contributed by atoms with Gasteiger partial charge in [0, 0.05) is 10.9 Å². The van der Waals surface area contributed by atoms with Gasteiger partial charge >= 0.3 is 0 Å². The summed E-state index contributed by atoms with van der Waals surface area (Å²) in [5, 5.41) is 3.49. The van der Waals surface area contributed by atoms with Crippen molar-refractivity contribution in [1.29, 1.82) is 0 Å². The summed E-state index contributed by atoms with van der Waals surface area (Å²) < 4.78 is 32.2. The predicted molar refractivity (Wildman–Crippen MR) is 109 cm³/mol. The van der Waals surface area contributed by atoms with Crippen LogP contribution in [0.1, 0.15) is 34.7 Å². The Kier molecular flexibility index (Phi) is 5.43. The van der Waals surface area contributed by atoms with Crippen LogP contribution >= 0.6 is 0 Å². The maximum absolute atomic E-state index is 13.3. The first-order valence-electron chi connectivity index (χ1n) is 9.40. The van der Waals surface area contributed by atoms with Gasteiger partial charge in [-0.1, -0.05) is 12.1 Å². The lowest BCUT2D eigenvalue weighted by atomic mass is 10.2. The van der Waals surface area contributed by atoms with Crippen molar-refractivity contribution in [3.05, 3.63) is 95.4 Å². The molecule has 5 nitrogen and oxygen atoms in total. The molecule has 0 aliphatic heterocycles. The summed E-state index contributed by atoms with van der Waals surface area (Å²) in [5.74, 6) is -0.438. The summed E-state index contributed by atoms with van der Waals surface area (Å²) >= 11 is 0. The fraction of sp³-hybridized carbons (Fsp3) is 0.130. The van der Waals surface area contributed by atoms with E-state index in [1.165, 1.54) is 24.3 Å². The second-order valence-electron chi connectivity index (χ2n) is 6.95. The van der Waals surface area contributed by atoms with E-state index in [4.69, 9.17) is 4.74 Å². The summed E-state index contributed by atoms with van der Waals surface area (Å²) in [6.45, 7) is 2.04. The zero-order valence-corrected chi connectivity index (χ0v) is 16.2. The lowest BCUT2D eigenvalue weighted by Gasteiger charge is -2.13. The molecule has 1 unspecified atom stereocenters. The molecule has 0 aliphatic carbocycles. The molecule has 152 valence electrons. The minimum Gasteiger partial charge on any atom is -0.487 e. The smallest absolute Gasteiger partial charge is 0.268 e. The van der Waals surface area contributed by atoms with Crippen LogP contribution in [0.25, 0.3) is 10.9 Å². The third-order valence-electron chi connectivity index (χ3n) is 4.67. The van der Waals surface area contributed by atoms with E-state index < -0.39 is 0 Å². The molecule has 4 rings (SSSR count). The fourth-order valence-electron chi connectivity index (χ4n) is 3.10. The zero-order valence-electron chi connectivity index (χ0n) is 16.2. The Bertz CT molecular complexity index is 1190. The quantitative estimate of drug-likeness (QED) is 0.477. The highest BCUT2D eigenvalue weighted by Gasteiger charge is 2.15.